The van der Waals surface area contributed by atoms with Crippen molar-refractivity contribution >= 4 is 5.69 Å². The number of halogens is 2. The Morgan fingerprint density at radius 3 is 1.96 bits per heavy atom. The van der Waals surface area contributed by atoms with Gasteiger partial charge in [0.25, 0.3) is 0 Å². The second-order valence-corrected chi connectivity index (χ2v) is 4.77. The van der Waals surface area contributed by atoms with Crippen molar-refractivity contribution in [3.63, 3.8) is 0 Å². The summed E-state index contributed by atoms with van der Waals surface area (Å²) in [5, 5.41) is 11.5. The standard InChI is InChI=1S/C17H10F2N2O2/c18-14-7-3-1-5-11(14)12-9-10-20-16(17(12)21(22)23)13-6-2-4-8-15(13)19/h1-10H. The smallest absolute Gasteiger partial charge is 0.258 e. The van der Waals surface area contributed by atoms with E-state index in [2.05, 4.69) is 4.98 Å². The van der Waals surface area contributed by atoms with Gasteiger partial charge in [-0.05, 0) is 24.3 Å². The van der Waals surface area contributed by atoms with Gasteiger partial charge in [-0.25, -0.2) is 13.8 Å². The third-order valence-corrected chi connectivity index (χ3v) is 3.40. The van der Waals surface area contributed by atoms with Gasteiger partial charge in [0.2, 0.25) is 0 Å². The summed E-state index contributed by atoms with van der Waals surface area (Å²) in [5.41, 5.74) is -0.436. The first-order valence-electron chi connectivity index (χ1n) is 6.73. The Balaban J connectivity index is 2.33. The summed E-state index contributed by atoms with van der Waals surface area (Å²) < 4.78 is 28.0. The molecular weight excluding hydrogens is 302 g/mol. The van der Waals surface area contributed by atoms with Crippen molar-refractivity contribution in [2.75, 3.05) is 0 Å². The number of rotatable bonds is 3. The molecule has 0 bridgehead atoms. The maximum absolute atomic E-state index is 14.0. The van der Waals surface area contributed by atoms with Crippen LogP contribution >= 0.6 is 0 Å². The van der Waals surface area contributed by atoms with E-state index in [1.165, 1.54) is 48.7 Å². The van der Waals surface area contributed by atoms with Crippen LogP contribution in [0.2, 0.25) is 0 Å². The molecule has 0 spiro atoms. The quantitative estimate of drug-likeness (QED) is 0.524. The van der Waals surface area contributed by atoms with Crippen LogP contribution in [-0.4, -0.2) is 9.91 Å². The predicted molar refractivity (Wildman–Crippen MR) is 81.7 cm³/mol. The molecule has 0 saturated carbocycles. The molecule has 1 aromatic heterocycles. The predicted octanol–water partition coefficient (Wildman–Crippen LogP) is 4.60. The second-order valence-electron chi connectivity index (χ2n) is 4.77. The van der Waals surface area contributed by atoms with Crippen LogP contribution < -0.4 is 0 Å². The summed E-state index contributed by atoms with van der Waals surface area (Å²) >= 11 is 0. The minimum absolute atomic E-state index is 0.00242. The Bertz CT molecular complexity index is 834. The molecule has 0 fully saturated rings. The van der Waals surface area contributed by atoms with E-state index in [0.717, 1.165) is 0 Å². The van der Waals surface area contributed by atoms with E-state index in [1.807, 2.05) is 0 Å². The van der Waals surface area contributed by atoms with Gasteiger partial charge in [0, 0.05) is 17.3 Å². The minimum Gasteiger partial charge on any atom is -0.258 e. The number of benzene rings is 2. The lowest BCUT2D eigenvalue weighted by atomic mass is 10.00. The Labute approximate surface area is 130 Å². The third kappa shape index (κ3) is 2.66. The van der Waals surface area contributed by atoms with E-state index in [0.29, 0.717) is 0 Å². The van der Waals surface area contributed by atoms with Gasteiger partial charge in [-0.2, -0.15) is 0 Å². The number of hydrogen-bond acceptors (Lipinski definition) is 3. The number of nitrogens with zero attached hydrogens (tertiary/aromatic N) is 2. The molecule has 0 amide bonds. The first-order valence-corrected chi connectivity index (χ1v) is 6.73. The molecule has 23 heavy (non-hydrogen) atoms. The highest BCUT2D eigenvalue weighted by Crippen LogP contribution is 2.38. The summed E-state index contributed by atoms with van der Waals surface area (Å²) in [4.78, 5) is 14.8. The average Bonchev–Trinajstić information content (AvgIpc) is 2.55. The van der Waals surface area contributed by atoms with Crippen molar-refractivity contribution in [3.05, 3.63) is 82.5 Å². The normalized spacial score (nSPS) is 10.5. The van der Waals surface area contributed by atoms with Gasteiger partial charge in [-0.1, -0.05) is 30.3 Å². The van der Waals surface area contributed by atoms with Gasteiger partial charge in [-0.15, -0.1) is 0 Å². The number of pyridine rings is 1. The zero-order valence-electron chi connectivity index (χ0n) is 11.7. The highest BCUT2D eigenvalue weighted by molar-refractivity contribution is 5.83. The molecule has 0 saturated heterocycles. The van der Waals surface area contributed by atoms with Crippen molar-refractivity contribution in [3.8, 4) is 22.4 Å². The van der Waals surface area contributed by atoms with Crippen LogP contribution in [0.25, 0.3) is 22.4 Å². The fourth-order valence-corrected chi connectivity index (χ4v) is 2.39. The maximum Gasteiger partial charge on any atom is 0.303 e. The van der Waals surface area contributed by atoms with Crippen molar-refractivity contribution in [2.45, 2.75) is 0 Å². The first kappa shape index (κ1) is 14.8. The maximum atomic E-state index is 14.0. The molecule has 0 aliphatic heterocycles. The Morgan fingerprint density at radius 1 is 0.826 bits per heavy atom. The van der Waals surface area contributed by atoms with Gasteiger partial charge in [0.1, 0.15) is 11.6 Å². The fraction of sp³-hybridized carbons (Fsp3) is 0. The summed E-state index contributed by atoms with van der Waals surface area (Å²) in [6, 6.07) is 12.7. The molecule has 0 N–H and O–H groups in total. The molecular formula is C17H10F2N2O2. The molecule has 6 heteroatoms. The van der Waals surface area contributed by atoms with E-state index in [-0.39, 0.29) is 22.4 Å². The monoisotopic (exact) mass is 312 g/mol. The Kier molecular flexibility index (Phi) is 3.80. The van der Waals surface area contributed by atoms with Crippen LogP contribution in [-0.2, 0) is 0 Å². The molecule has 2 aromatic carbocycles. The van der Waals surface area contributed by atoms with Gasteiger partial charge >= 0.3 is 5.69 Å². The van der Waals surface area contributed by atoms with E-state index in [9.17, 15) is 18.9 Å². The largest absolute Gasteiger partial charge is 0.303 e. The molecule has 0 atom stereocenters. The molecule has 3 rings (SSSR count). The SMILES string of the molecule is O=[N+]([O-])c1c(-c2ccccc2F)ccnc1-c1ccccc1F. The first-order chi connectivity index (χ1) is 11.1. The molecule has 114 valence electrons. The highest BCUT2D eigenvalue weighted by Gasteiger charge is 2.26. The molecule has 0 aliphatic rings. The Hall–Kier alpha value is -3.15. The van der Waals surface area contributed by atoms with E-state index in [4.69, 9.17) is 0 Å². The van der Waals surface area contributed by atoms with Gasteiger partial charge in [0.15, 0.2) is 5.69 Å². The lowest BCUT2D eigenvalue weighted by molar-refractivity contribution is -0.383. The molecule has 1 heterocycles. The lowest BCUT2D eigenvalue weighted by Gasteiger charge is -2.09. The zero-order chi connectivity index (χ0) is 16.4. The zero-order valence-corrected chi connectivity index (χ0v) is 11.7. The number of hydrogen-bond donors (Lipinski definition) is 0. The summed E-state index contributed by atoms with van der Waals surface area (Å²) in [7, 11) is 0. The van der Waals surface area contributed by atoms with Crippen molar-refractivity contribution < 1.29 is 13.7 Å². The van der Waals surface area contributed by atoms with Crippen LogP contribution in [0.15, 0.2) is 60.8 Å². The third-order valence-electron chi connectivity index (χ3n) is 3.40. The minimum atomic E-state index is -0.670. The number of aromatic nitrogens is 1. The molecule has 4 nitrogen and oxygen atoms in total. The summed E-state index contributed by atoms with van der Waals surface area (Å²) in [5.74, 6) is -1.23. The van der Waals surface area contributed by atoms with E-state index >= 15 is 0 Å². The van der Waals surface area contributed by atoms with Crippen molar-refractivity contribution in [1.82, 2.24) is 4.98 Å². The molecule has 0 unspecified atom stereocenters. The lowest BCUT2D eigenvalue weighted by Crippen LogP contribution is -2.00. The topological polar surface area (TPSA) is 56.0 Å². The van der Waals surface area contributed by atoms with Crippen LogP contribution in [0.1, 0.15) is 0 Å². The number of nitro groups is 1. The van der Waals surface area contributed by atoms with Crippen LogP contribution in [0, 0.1) is 21.7 Å². The van der Waals surface area contributed by atoms with Gasteiger partial charge in [-0.3, -0.25) is 10.1 Å². The van der Waals surface area contributed by atoms with Gasteiger partial charge in [0.05, 0.1) is 10.5 Å². The second kappa shape index (κ2) is 5.92. The highest BCUT2D eigenvalue weighted by atomic mass is 19.1. The van der Waals surface area contributed by atoms with Crippen LogP contribution in [0.3, 0.4) is 0 Å². The molecule has 0 aliphatic carbocycles. The fourth-order valence-electron chi connectivity index (χ4n) is 2.39. The van der Waals surface area contributed by atoms with Crippen molar-refractivity contribution in [1.29, 1.82) is 0 Å². The average molecular weight is 312 g/mol. The Morgan fingerprint density at radius 2 is 1.39 bits per heavy atom. The molecule has 3 aromatic rings. The van der Waals surface area contributed by atoms with Crippen molar-refractivity contribution in [2.24, 2.45) is 0 Å². The summed E-state index contributed by atoms with van der Waals surface area (Å²) in [6.45, 7) is 0. The van der Waals surface area contributed by atoms with E-state index < -0.39 is 22.2 Å². The van der Waals surface area contributed by atoms with E-state index in [1.54, 1.807) is 12.1 Å². The summed E-state index contributed by atoms with van der Waals surface area (Å²) in [6.07, 6.45) is 1.30. The van der Waals surface area contributed by atoms with Crippen LogP contribution in [0.4, 0.5) is 14.5 Å². The van der Waals surface area contributed by atoms with Gasteiger partial charge < -0.3 is 0 Å². The molecule has 0 radical (unpaired) electrons. The van der Waals surface area contributed by atoms with Crippen LogP contribution in [0.5, 0.6) is 0 Å².